The van der Waals surface area contributed by atoms with E-state index in [-0.39, 0.29) is 0 Å². The van der Waals surface area contributed by atoms with Crippen molar-refractivity contribution < 1.29 is 0 Å². The van der Waals surface area contributed by atoms with Gasteiger partial charge in [0.2, 0.25) is 0 Å². The van der Waals surface area contributed by atoms with Crippen LogP contribution in [0.2, 0.25) is 0 Å². The maximum absolute atomic E-state index is 2.42. The Morgan fingerprint density at radius 2 is 0.840 bits per heavy atom. The molecule has 2 aliphatic carbocycles. The highest BCUT2D eigenvalue weighted by Crippen LogP contribution is 2.66. The highest BCUT2D eigenvalue weighted by Gasteiger charge is 2.53. The normalized spacial score (nSPS) is 16.0. The first-order valence-electron chi connectivity index (χ1n) is 17.4. The number of fused-ring (bicyclic) bond motifs is 17. The van der Waals surface area contributed by atoms with Gasteiger partial charge in [-0.05, 0) is 106 Å². The van der Waals surface area contributed by atoms with Crippen molar-refractivity contribution in [2.75, 3.05) is 0 Å². The molecule has 50 heavy (non-hydrogen) atoms. The van der Waals surface area contributed by atoms with Crippen LogP contribution in [0.4, 0.5) is 0 Å². The van der Waals surface area contributed by atoms with Gasteiger partial charge in [0.05, 0.1) is 5.41 Å². The van der Waals surface area contributed by atoms with Gasteiger partial charge in [0.25, 0.3) is 0 Å². The van der Waals surface area contributed by atoms with Crippen LogP contribution in [-0.4, -0.2) is 0 Å². The topological polar surface area (TPSA) is 0 Å². The second kappa shape index (κ2) is 9.63. The average molecular weight is 649 g/mol. The minimum absolute atomic E-state index is 0.446. The minimum atomic E-state index is -0.446. The van der Waals surface area contributed by atoms with E-state index in [9.17, 15) is 0 Å². The molecule has 0 bridgehead atoms. The molecular weight excluding hydrogens is 621 g/mol. The summed E-state index contributed by atoms with van der Waals surface area (Å²) in [4.78, 5) is 2.66. The molecule has 0 fully saturated rings. The number of hydrogen-bond acceptors (Lipinski definition) is 1. The first kappa shape index (κ1) is 27.0. The predicted octanol–water partition coefficient (Wildman–Crippen LogP) is 13.3. The zero-order valence-corrected chi connectivity index (χ0v) is 27.9. The lowest BCUT2D eigenvalue weighted by Crippen LogP contribution is -2.26. The third kappa shape index (κ3) is 3.16. The Labute approximate surface area is 294 Å². The summed E-state index contributed by atoms with van der Waals surface area (Å²) >= 11 is 1.89. The molecule has 1 heterocycles. The Kier molecular flexibility index (Phi) is 5.20. The highest BCUT2D eigenvalue weighted by atomic mass is 32.2. The second-order valence-electron chi connectivity index (χ2n) is 13.8. The standard InChI is InChI=1S/C49H28S/c1-3-16-35-29(13-1)30-14-2-4-17-37(30)48-47(35)39-19-6-9-24-41(39)49(48)40-23-8-5-18-38(40)45-33(22-12-25-42(45)49)31-27-28-44-46-34(31)20-11-21-36(46)32-15-7-10-26-43(32)50-44/h1-28H. The van der Waals surface area contributed by atoms with Gasteiger partial charge in [0.1, 0.15) is 0 Å². The van der Waals surface area contributed by atoms with Crippen LogP contribution in [0.1, 0.15) is 22.3 Å². The van der Waals surface area contributed by atoms with Crippen LogP contribution >= 0.6 is 11.8 Å². The van der Waals surface area contributed by atoms with Crippen molar-refractivity contribution in [3.8, 4) is 44.5 Å². The molecule has 9 aromatic carbocycles. The molecule has 0 amide bonds. The maximum atomic E-state index is 2.42. The maximum Gasteiger partial charge on any atom is 0.0731 e. The van der Waals surface area contributed by atoms with E-state index < -0.39 is 5.41 Å². The molecule has 1 spiro atoms. The van der Waals surface area contributed by atoms with Crippen LogP contribution in [0.25, 0.3) is 76.8 Å². The van der Waals surface area contributed by atoms with Gasteiger partial charge >= 0.3 is 0 Å². The molecule has 9 aromatic rings. The van der Waals surface area contributed by atoms with Crippen molar-refractivity contribution in [2.24, 2.45) is 0 Å². The Morgan fingerprint density at radius 3 is 1.64 bits per heavy atom. The third-order valence-electron chi connectivity index (χ3n) is 11.7. The fourth-order valence-electron chi connectivity index (χ4n) is 9.90. The SMILES string of the molecule is c1ccc2c(c1)Sc1ccc(-c3cccc4c3-c3ccccc3C43c4ccccc4-c4c3c3ccccc3c3ccccc43)c3cccc-2c13. The lowest BCUT2D eigenvalue weighted by Gasteiger charge is -2.32. The molecule has 230 valence electrons. The van der Waals surface area contributed by atoms with E-state index in [1.54, 1.807) is 0 Å². The Balaban J connectivity index is 1.24. The largest absolute Gasteiger partial charge is 0.0888 e. The van der Waals surface area contributed by atoms with Crippen LogP contribution < -0.4 is 0 Å². The van der Waals surface area contributed by atoms with E-state index >= 15 is 0 Å². The summed E-state index contributed by atoms with van der Waals surface area (Å²) in [5, 5.41) is 7.98. The molecule has 3 aliphatic rings. The van der Waals surface area contributed by atoms with Crippen LogP contribution in [0, 0.1) is 0 Å². The molecule has 1 unspecified atom stereocenters. The van der Waals surface area contributed by atoms with Gasteiger partial charge in [0.15, 0.2) is 0 Å². The summed E-state index contributed by atoms with van der Waals surface area (Å²) in [6.07, 6.45) is 0. The van der Waals surface area contributed by atoms with E-state index in [2.05, 4.69) is 170 Å². The number of benzene rings is 9. The second-order valence-corrected chi connectivity index (χ2v) is 14.9. The zero-order chi connectivity index (χ0) is 32.6. The Morgan fingerprint density at radius 1 is 0.300 bits per heavy atom. The van der Waals surface area contributed by atoms with Crippen LogP contribution in [0.5, 0.6) is 0 Å². The molecule has 0 saturated heterocycles. The smallest absolute Gasteiger partial charge is 0.0731 e. The van der Waals surface area contributed by atoms with E-state index in [4.69, 9.17) is 0 Å². The molecular formula is C49H28S. The minimum Gasteiger partial charge on any atom is -0.0888 e. The summed E-state index contributed by atoms with van der Waals surface area (Å²) in [5.74, 6) is 0. The van der Waals surface area contributed by atoms with Crippen molar-refractivity contribution in [2.45, 2.75) is 15.2 Å². The van der Waals surface area contributed by atoms with Gasteiger partial charge in [-0.3, -0.25) is 0 Å². The van der Waals surface area contributed by atoms with Gasteiger partial charge in [0, 0.05) is 15.2 Å². The van der Waals surface area contributed by atoms with E-state index in [0.717, 1.165) is 0 Å². The average Bonchev–Trinajstić information content (AvgIpc) is 3.66. The van der Waals surface area contributed by atoms with Gasteiger partial charge in [-0.2, -0.15) is 0 Å². The first-order chi connectivity index (χ1) is 24.8. The summed E-state index contributed by atoms with van der Waals surface area (Å²) in [5.41, 5.74) is 15.8. The number of rotatable bonds is 1. The fraction of sp³-hybridized carbons (Fsp3) is 0.0204. The molecule has 0 saturated carbocycles. The van der Waals surface area contributed by atoms with Crippen molar-refractivity contribution in [3.05, 3.63) is 192 Å². The van der Waals surface area contributed by atoms with Crippen LogP contribution in [0.3, 0.4) is 0 Å². The predicted molar refractivity (Wildman–Crippen MR) is 210 cm³/mol. The quantitative estimate of drug-likeness (QED) is 0.160. The molecule has 1 heteroatoms. The Hall–Kier alpha value is -5.89. The summed E-state index contributed by atoms with van der Waals surface area (Å²) in [7, 11) is 0. The van der Waals surface area contributed by atoms with Crippen molar-refractivity contribution in [3.63, 3.8) is 0 Å². The van der Waals surface area contributed by atoms with E-state index in [0.29, 0.717) is 0 Å². The zero-order valence-electron chi connectivity index (χ0n) is 27.1. The summed E-state index contributed by atoms with van der Waals surface area (Å²) < 4.78 is 0. The fourth-order valence-corrected chi connectivity index (χ4v) is 11.0. The van der Waals surface area contributed by atoms with Gasteiger partial charge in [-0.15, -0.1) is 0 Å². The molecule has 0 radical (unpaired) electrons. The molecule has 12 rings (SSSR count). The highest BCUT2D eigenvalue weighted by molar-refractivity contribution is 7.99. The first-order valence-corrected chi connectivity index (χ1v) is 18.3. The molecule has 1 atom stereocenters. The molecule has 0 N–H and O–H groups in total. The van der Waals surface area contributed by atoms with Crippen molar-refractivity contribution in [1.82, 2.24) is 0 Å². The summed E-state index contributed by atoms with van der Waals surface area (Å²) in [6.45, 7) is 0. The monoisotopic (exact) mass is 648 g/mol. The summed E-state index contributed by atoms with van der Waals surface area (Å²) in [6, 6.07) is 64.1. The third-order valence-corrected chi connectivity index (χ3v) is 12.8. The lowest BCUT2D eigenvalue weighted by molar-refractivity contribution is 0.802. The van der Waals surface area contributed by atoms with E-state index in [1.165, 1.54) is 109 Å². The van der Waals surface area contributed by atoms with Crippen molar-refractivity contribution in [1.29, 1.82) is 0 Å². The Bertz CT molecular complexity index is 2970. The van der Waals surface area contributed by atoms with Gasteiger partial charge in [-0.1, -0.05) is 169 Å². The van der Waals surface area contributed by atoms with Gasteiger partial charge < -0.3 is 0 Å². The van der Waals surface area contributed by atoms with Gasteiger partial charge in [-0.25, -0.2) is 0 Å². The molecule has 1 aliphatic heterocycles. The number of hydrogen-bond donors (Lipinski definition) is 0. The lowest BCUT2D eigenvalue weighted by atomic mass is 9.69. The molecule has 0 aromatic heterocycles. The molecule has 0 nitrogen and oxygen atoms in total. The van der Waals surface area contributed by atoms with Crippen LogP contribution in [-0.2, 0) is 5.41 Å². The van der Waals surface area contributed by atoms with E-state index in [1.807, 2.05) is 11.8 Å². The van der Waals surface area contributed by atoms with Crippen LogP contribution in [0.15, 0.2) is 180 Å². The van der Waals surface area contributed by atoms with Crippen molar-refractivity contribution >= 4 is 44.1 Å².